The minimum Gasteiger partial charge on any atom is -0.386 e. The number of hydrogen-bond acceptors (Lipinski definition) is 8. The third-order valence-electron chi connectivity index (χ3n) is 5.94. The van der Waals surface area contributed by atoms with Crippen molar-refractivity contribution in [3.8, 4) is 0 Å². The van der Waals surface area contributed by atoms with Crippen LogP contribution in [0.25, 0.3) is 11.0 Å². The molecule has 9 nitrogen and oxygen atoms in total. The molecule has 3 N–H and O–H groups in total. The molecule has 0 saturated carbocycles. The lowest BCUT2D eigenvalue weighted by Crippen LogP contribution is -2.46. The molecular formula is C21H23ClN4O5. The van der Waals surface area contributed by atoms with Crippen molar-refractivity contribution in [2.75, 3.05) is 5.48 Å². The molecule has 10 heteroatoms. The summed E-state index contributed by atoms with van der Waals surface area (Å²) in [7, 11) is 0. The van der Waals surface area contributed by atoms with Crippen LogP contribution in [0.1, 0.15) is 38.7 Å². The fraction of sp³-hybridized carbons (Fsp3) is 0.429. The average Bonchev–Trinajstić information content (AvgIpc) is 3.34. The first-order valence-electron chi connectivity index (χ1n) is 9.92. The largest absolute Gasteiger partial charge is 0.386 e. The Morgan fingerprint density at radius 2 is 1.90 bits per heavy atom. The fourth-order valence-corrected chi connectivity index (χ4v) is 4.78. The molecule has 0 radical (unpaired) electrons. The normalized spacial score (nSPS) is 30.5. The van der Waals surface area contributed by atoms with E-state index >= 15 is 0 Å². The van der Waals surface area contributed by atoms with Crippen LogP contribution in [0.4, 0.5) is 5.82 Å². The van der Waals surface area contributed by atoms with E-state index in [1.807, 2.05) is 20.8 Å². The van der Waals surface area contributed by atoms with E-state index < -0.39 is 35.9 Å². The number of fused-ring (bicyclic) bond motifs is 2. The minimum atomic E-state index is -0.974. The predicted octanol–water partition coefficient (Wildman–Crippen LogP) is 3.43. The molecule has 2 aliphatic heterocycles. The number of hydrogen-bond donors (Lipinski definition) is 3. The first-order chi connectivity index (χ1) is 14.7. The summed E-state index contributed by atoms with van der Waals surface area (Å²) in [4.78, 5) is 8.38. The molecule has 2 aliphatic rings. The number of rotatable bonds is 4. The van der Waals surface area contributed by atoms with Gasteiger partial charge in [-0.3, -0.25) is 10.7 Å². The lowest BCUT2D eigenvalue weighted by atomic mass is 9.88. The van der Waals surface area contributed by atoms with Gasteiger partial charge in [0.2, 0.25) is 0 Å². The van der Waals surface area contributed by atoms with Gasteiger partial charge in [-0.1, -0.05) is 23.7 Å². The highest BCUT2D eigenvalue weighted by molar-refractivity contribution is 6.30. The van der Waals surface area contributed by atoms with Crippen LogP contribution in [-0.4, -0.2) is 48.4 Å². The smallest absolute Gasteiger partial charge is 0.165 e. The molecule has 2 aromatic heterocycles. The fourth-order valence-electron chi connectivity index (χ4n) is 4.65. The van der Waals surface area contributed by atoms with Gasteiger partial charge in [-0.05, 0) is 44.5 Å². The maximum Gasteiger partial charge on any atom is 0.165 e. The van der Waals surface area contributed by atoms with Crippen LogP contribution < -0.4 is 5.48 Å². The van der Waals surface area contributed by atoms with Crippen molar-refractivity contribution in [3.05, 3.63) is 53.4 Å². The first-order valence-corrected chi connectivity index (χ1v) is 10.3. The standard InChI is InChI=1S/C21H23ClN4O5/c1-20(2)30-16-19(26-9-8-13-17(25-28)23-10-24-18(13)26)29-15(21(16,3)31-20)14(27)11-4-6-12(22)7-5-11/h4-10,14-16,19,27-28H,1-3H3,(H,23,24,25)/t14?,15-,16+,19-,21-/m1/s1. The van der Waals surface area contributed by atoms with E-state index in [9.17, 15) is 10.3 Å². The van der Waals surface area contributed by atoms with E-state index in [0.717, 1.165) is 0 Å². The molecule has 5 atom stereocenters. The van der Waals surface area contributed by atoms with Crippen LogP contribution in [0.5, 0.6) is 0 Å². The van der Waals surface area contributed by atoms with E-state index in [-0.39, 0.29) is 5.82 Å². The van der Waals surface area contributed by atoms with Crippen molar-refractivity contribution >= 4 is 28.5 Å². The Kier molecular flexibility index (Phi) is 4.74. The summed E-state index contributed by atoms with van der Waals surface area (Å²) in [5.74, 6) is -0.582. The summed E-state index contributed by atoms with van der Waals surface area (Å²) in [5.41, 5.74) is 2.36. The topological polar surface area (TPSA) is 111 Å². The predicted molar refractivity (Wildman–Crippen MR) is 112 cm³/mol. The van der Waals surface area contributed by atoms with Crippen LogP contribution in [-0.2, 0) is 14.2 Å². The number of benzene rings is 1. The summed E-state index contributed by atoms with van der Waals surface area (Å²) in [5, 5.41) is 21.8. The zero-order valence-corrected chi connectivity index (χ0v) is 17.9. The van der Waals surface area contributed by atoms with E-state index in [2.05, 4.69) is 15.4 Å². The number of nitrogens with one attached hydrogen (secondary N) is 1. The second kappa shape index (κ2) is 7.13. The maximum atomic E-state index is 11.2. The molecular weight excluding hydrogens is 424 g/mol. The molecule has 5 rings (SSSR count). The molecule has 2 saturated heterocycles. The zero-order chi connectivity index (χ0) is 22.0. The van der Waals surface area contributed by atoms with Crippen molar-refractivity contribution in [2.24, 2.45) is 0 Å². The van der Waals surface area contributed by atoms with Crippen molar-refractivity contribution in [3.63, 3.8) is 0 Å². The van der Waals surface area contributed by atoms with Gasteiger partial charge >= 0.3 is 0 Å². The van der Waals surface area contributed by atoms with E-state index in [0.29, 0.717) is 21.6 Å². The Morgan fingerprint density at radius 1 is 1.16 bits per heavy atom. The van der Waals surface area contributed by atoms with Gasteiger partial charge in [-0.15, -0.1) is 0 Å². The highest BCUT2D eigenvalue weighted by Gasteiger charge is 2.65. The Balaban J connectivity index is 1.58. The summed E-state index contributed by atoms with van der Waals surface area (Å²) < 4.78 is 20.7. The SMILES string of the molecule is CC1(C)O[C@H]2[C@H](n3ccc4c(NO)ncnc43)O[C@H](C(O)c3ccc(Cl)cc3)[C@@]2(C)O1. The number of anilines is 1. The molecule has 4 heterocycles. The van der Waals surface area contributed by atoms with Crippen molar-refractivity contribution in [1.82, 2.24) is 14.5 Å². The molecule has 0 amide bonds. The Labute approximate surface area is 183 Å². The molecule has 1 unspecified atom stereocenters. The van der Waals surface area contributed by atoms with Crippen molar-refractivity contribution in [1.29, 1.82) is 0 Å². The molecule has 1 aromatic carbocycles. The highest BCUT2D eigenvalue weighted by atomic mass is 35.5. The second-order valence-electron chi connectivity index (χ2n) is 8.46. The summed E-state index contributed by atoms with van der Waals surface area (Å²) >= 11 is 6.00. The Hall–Kier alpha value is -2.27. The van der Waals surface area contributed by atoms with E-state index in [4.69, 9.17) is 25.8 Å². The van der Waals surface area contributed by atoms with Crippen LogP contribution in [0.15, 0.2) is 42.9 Å². The van der Waals surface area contributed by atoms with Gasteiger partial charge in [0.1, 0.15) is 35.9 Å². The van der Waals surface area contributed by atoms with Crippen LogP contribution in [0.2, 0.25) is 5.02 Å². The van der Waals surface area contributed by atoms with Gasteiger partial charge in [0, 0.05) is 11.2 Å². The first kappa shape index (κ1) is 20.6. The molecule has 3 aromatic rings. The molecule has 31 heavy (non-hydrogen) atoms. The van der Waals surface area contributed by atoms with E-state index in [1.165, 1.54) is 6.33 Å². The third-order valence-corrected chi connectivity index (χ3v) is 6.19. The van der Waals surface area contributed by atoms with Gasteiger partial charge in [-0.25, -0.2) is 9.97 Å². The monoisotopic (exact) mass is 446 g/mol. The van der Waals surface area contributed by atoms with Crippen molar-refractivity contribution < 1.29 is 24.5 Å². The lowest BCUT2D eigenvalue weighted by Gasteiger charge is -2.32. The minimum absolute atomic E-state index is 0.283. The Morgan fingerprint density at radius 3 is 2.61 bits per heavy atom. The molecule has 0 bridgehead atoms. The third kappa shape index (κ3) is 3.20. The van der Waals surface area contributed by atoms with Crippen LogP contribution in [0, 0.1) is 0 Å². The maximum absolute atomic E-state index is 11.2. The summed E-state index contributed by atoms with van der Waals surface area (Å²) in [6.07, 6.45) is 0.292. The zero-order valence-electron chi connectivity index (χ0n) is 17.2. The number of aromatic nitrogens is 3. The van der Waals surface area contributed by atoms with Crippen LogP contribution >= 0.6 is 11.6 Å². The summed E-state index contributed by atoms with van der Waals surface area (Å²) in [6, 6.07) is 8.75. The number of ether oxygens (including phenoxy) is 3. The van der Waals surface area contributed by atoms with Gasteiger partial charge in [0.15, 0.2) is 17.8 Å². The lowest BCUT2D eigenvalue weighted by molar-refractivity contribution is -0.223. The van der Waals surface area contributed by atoms with Gasteiger partial charge < -0.3 is 23.9 Å². The molecule has 0 aliphatic carbocycles. The number of halogens is 1. The average molecular weight is 447 g/mol. The molecule has 164 valence electrons. The number of aliphatic hydroxyl groups excluding tert-OH is 1. The second-order valence-corrected chi connectivity index (χ2v) is 8.90. The van der Waals surface area contributed by atoms with Crippen molar-refractivity contribution in [2.45, 2.75) is 56.7 Å². The quantitative estimate of drug-likeness (QED) is 0.523. The summed E-state index contributed by atoms with van der Waals surface area (Å²) in [6.45, 7) is 5.56. The molecule has 0 spiro atoms. The van der Waals surface area contributed by atoms with Crippen LogP contribution in [0.3, 0.4) is 0 Å². The molecule has 2 fully saturated rings. The Bertz CT molecular complexity index is 1120. The highest BCUT2D eigenvalue weighted by Crippen LogP contribution is 2.53. The van der Waals surface area contributed by atoms with E-state index in [1.54, 1.807) is 41.1 Å². The number of aliphatic hydroxyl groups is 1. The van der Waals surface area contributed by atoms with Gasteiger partial charge in [-0.2, -0.15) is 0 Å². The van der Waals surface area contributed by atoms with Gasteiger partial charge in [0.05, 0.1) is 5.39 Å². The number of nitrogens with zero attached hydrogens (tertiary/aromatic N) is 3. The van der Waals surface area contributed by atoms with Gasteiger partial charge in [0.25, 0.3) is 0 Å².